The number of nitrogens with one attached hydrogen (secondary N) is 2. The minimum absolute atomic E-state index is 0.234. The predicted octanol–water partition coefficient (Wildman–Crippen LogP) is 6.04. The summed E-state index contributed by atoms with van der Waals surface area (Å²) < 4.78 is 52.8. The third kappa shape index (κ3) is 5.70. The number of halogens is 1. The van der Waals surface area contributed by atoms with Gasteiger partial charge in [0.05, 0.1) is 36.4 Å². The summed E-state index contributed by atoms with van der Waals surface area (Å²) in [5.41, 5.74) is 5.03. The fraction of sp³-hybridized carbons (Fsp3) is 0.200. The highest BCUT2D eigenvalue weighted by Crippen LogP contribution is 2.42. The molecule has 7 rings (SSSR count). The summed E-state index contributed by atoms with van der Waals surface area (Å²) in [5, 5.41) is 4.18. The number of H-pyrrole nitrogens is 1. The van der Waals surface area contributed by atoms with Crippen LogP contribution in [0.1, 0.15) is 10.4 Å². The summed E-state index contributed by atoms with van der Waals surface area (Å²) >= 11 is 0. The van der Waals surface area contributed by atoms with Gasteiger partial charge in [-0.05, 0) is 54.6 Å². The summed E-state index contributed by atoms with van der Waals surface area (Å²) in [7, 11) is -0.754. The van der Waals surface area contributed by atoms with E-state index < -0.39 is 21.7 Å². The Hall–Kier alpha value is -5.20. The Morgan fingerprint density at radius 1 is 1.00 bits per heavy atom. The number of ether oxygens (including phenoxy) is 1. The fourth-order valence-corrected chi connectivity index (χ4v) is 6.43. The van der Waals surface area contributed by atoms with Crippen molar-refractivity contribution in [2.24, 2.45) is 0 Å². The van der Waals surface area contributed by atoms with Crippen LogP contribution in [0.25, 0.3) is 55.7 Å². The van der Waals surface area contributed by atoms with E-state index in [0.717, 1.165) is 28.4 Å². The van der Waals surface area contributed by atoms with Gasteiger partial charge in [0.1, 0.15) is 23.0 Å². The molecule has 1 fully saturated rings. The van der Waals surface area contributed by atoms with E-state index in [-0.39, 0.29) is 16.9 Å². The van der Waals surface area contributed by atoms with Gasteiger partial charge in [0.2, 0.25) is 10.0 Å². The summed E-state index contributed by atoms with van der Waals surface area (Å²) in [6.07, 6.45) is 1.12. The van der Waals surface area contributed by atoms with Gasteiger partial charge in [-0.2, -0.15) is 0 Å². The number of benzene rings is 3. The molecule has 1 amide bonds. The maximum absolute atomic E-state index is 13.8. The fourth-order valence-electron chi connectivity index (χ4n) is 5.92. The number of furan rings is 1. The molecular weight excluding hydrogens is 621 g/mol. The van der Waals surface area contributed by atoms with Gasteiger partial charge in [0, 0.05) is 71.9 Å². The second-order valence-electron chi connectivity index (χ2n) is 11.5. The van der Waals surface area contributed by atoms with Crippen LogP contribution in [-0.4, -0.2) is 70.9 Å². The Morgan fingerprint density at radius 3 is 2.45 bits per heavy atom. The van der Waals surface area contributed by atoms with Crippen molar-refractivity contribution < 1.29 is 26.8 Å². The summed E-state index contributed by atoms with van der Waals surface area (Å²) in [6, 6.07) is 23.0. The van der Waals surface area contributed by atoms with Crippen molar-refractivity contribution in [1.82, 2.24) is 15.3 Å². The second-order valence-corrected chi connectivity index (χ2v) is 13.5. The number of carbonyl (C=O) groups excluding carboxylic acids is 1. The number of hydrogen-bond acceptors (Lipinski definition) is 7. The number of aromatic amines is 1. The second kappa shape index (κ2) is 11.9. The molecule has 0 saturated carbocycles. The molecule has 3 aromatic heterocycles. The Bertz CT molecular complexity index is 2220. The van der Waals surface area contributed by atoms with E-state index in [0.29, 0.717) is 60.0 Å². The van der Waals surface area contributed by atoms with E-state index in [4.69, 9.17) is 14.1 Å². The molecule has 10 nitrogen and oxygen atoms in total. The van der Waals surface area contributed by atoms with Crippen LogP contribution in [0.4, 0.5) is 15.9 Å². The quantitative estimate of drug-likeness (QED) is 0.216. The number of sulfonamides is 1. The Labute approximate surface area is 270 Å². The Morgan fingerprint density at radius 2 is 1.74 bits per heavy atom. The van der Waals surface area contributed by atoms with E-state index in [1.165, 1.54) is 42.7 Å². The number of para-hydroxylation sites is 1. The van der Waals surface area contributed by atoms with Gasteiger partial charge in [0.15, 0.2) is 0 Å². The first-order chi connectivity index (χ1) is 22.6. The molecule has 0 aliphatic carbocycles. The number of anilines is 2. The highest BCUT2D eigenvalue weighted by atomic mass is 32.2. The summed E-state index contributed by atoms with van der Waals surface area (Å²) in [5.74, 6) is 0.103. The van der Waals surface area contributed by atoms with E-state index >= 15 is 0 Å². The minimum atomic E-state index is -3.74. The van der Waals surface area contributed by atoms with Gasteiger partial charge in [-0.25, -0.2) is 17.8 Å². The standard InChI is InChI=1S/C35H32FN5O5S/c1-37-35(42)33-26-19-25(30(40(2)47(3,43)44)20-31(26)46-34(33)21-8-10-24(36)11-9-21)29-17-23(18-32(39-29)41-12-14-45-15-13-41)28-16-22-6-4-5-7-27(22)38-28/h4-11,16-20,38H,12-15H2,1-3H3,(H,37,42). The topological polar surface area (TPSA) is 121 Å². The Kier molecular flexibility index (Phi) is 7.69. The van der Waals surface area contributed by atoms with Crippen LogP contribution in [0.2, 0.25) is 0 Å². The van der Waals surface area contributed by atoms with E-state index in [1.807, 2.05) is 36.4 Å². The van der Waals surface area contributed by atoms with Crippen molar-refractivity contribution >= 4 is 49.3 Å². The number of fused-ring (bicyclic) bond motifs is 2. The lowest BCUT2D eigenvalue weighted by Crippen LogP contribution is -2.36. The zero-order chi connectivity index (χ0) is 32.9. The third-order valence-corrected chi connectivity index (χ3v) is 9.66. The number of nitrogens with zero attached hydrogens (tertiary/aromatic N) is 3. The third-order valence-electron chi connectivity index (χ3n) is 8.47. The first-order valence-electron chi connectivity index (χ1n) is 15.1. The minimum Gasteiger partial charge on any atom is -0.455 e. The summed E-state index contributed by atoms with van der Waals surface area (Å²) in [6.45, 7) is 2.39. The van der Waals surface area contributed by atoms with E-state index in [1.54, 1.807) is 12.1 Å². The lowest BCUT2D eigenvalue weighted by Gasteiger charge is -2.29. The molecule has 47 heavy (non-hydrogen) atoms. The molecule has 12 heteroatoms. The number of carbonyl (C=O) groups is 1. The highest BCUT2D eigenvalue weighted by molar-refractivity contribution is 7.92. The molecule has 0 bridgehead atoms. The molecule has 0 unspecified atom stereocenters. The molecular formula is C35H32FN5O5S. The van der Waals surface area contributed by atoms with E-state index in [9.17, 15) is 17.6 Å². The van der Waals surface area contributed by atoms with Gasteiger partial charge in [-0.1, -0.05) is 18.2 Å². The molecule has 240 valence electrons. The average Bonchev–Trinajstić information content (AvgIpc) is 3.69. The average molecular weight is 654 g/mol. The van der Waals surface area contributed by atoms with Crippen molar-refractivity contribution in [2.45, 2.75) is 0 Å². The van der Waals surface area contributed by atoms with Crippen LogP contribution in [0.5, 0.6) is 0 Å². The van der Waals surface area contributed by atoms with Gasteiger partial charge >= 0.3 is 0 Å². The van der Waals surface area contributed by atoms with Crippen LogP contribution >= 0.6 is 0 Å². The van der Waals surface area contributed by atoms with Gasteiger partial charge in [-0.3, -0.25) is 9.10 Å². The number of amides is 1. The van der Waals surface area contributed by atoms with Crippen LogP contribution < -0.4 is 14.5 Å². The maximum atomic E-state index is 13.8. The zero-order valence-electron chi connectivity index (χ0n) is 26.0. The maximum Gasteiger partial charge on any atom is 0.255 e. The van der Waals surface area contributed by atoms with Crippen molar-refractivity contribution in [3.63, 3.8) is 0 Å². The number of hydrogen-bond donors (Lipinski definition) is 2. The number of pyridine rings is 1. The molecule has 4 heterocycles. The first-order valence-corrected chi connectivity index (χ1v) is 16.9. The van der Waals surface area contributed by atoms with Crippen LogP contribution in [0.15, 0.2) is 83.3 Å². The lowest BCUT2D eigenvalue weighted by atomic mass is 9.99. The molecule has 1 aliphatic heterocycles. The molecule has 0 radical (unpaired) electrons. The van der Waals surface area contributed by atoms with Crippen molar-refractivity contribution in [2.75, 3.05) is 55.9 Å². The first kappa shape index (κ1) is 30.5. The van der Waals surface area contributed by atoms with Crippen LogP contribution in [0, 0.1) is 5.82 Å². The van der Waals surface area contributed by atoms with Crippen LogP contribution in [0.3, 0.4) is 0 Å². The summed E-state index contributed by atoms with van der Waals surface area (Å²) in [4.78, 5) is 24.1. The van der Waals surface area contributed by atoms with Crippen molar-refractivity contribution in [1.29, 1.82) is 0 Å². The van der Waals surface area contributed by atoms with Gasteiger partial charge in [0.25, 0.3) is 5.91 Å². The van der Waals surface area contributed by atoms with Crippen LogP contribution in [-0.2, 0) is 14.8 Å². The number of morpholine rings is 1. The Balaban J connectivity index is 1.51. The van der Waals surface area contributed by atoms with Gasteiger partial charge < -0.3 is 24.4 Å². The number of rotatable bonds is 7. The van der Waals surface area contributed by atoms with E-state index in [2.05, 4.69) is 21.3 Å². The largest absolute Gasteiger partial charge is 0.455 e. The molecule has 1 saturated heterocycles. The zero-order valence-corrected chi connectivity index (χ0v) is 26.8. The smallest absolute Gasteiger partial charge is 0.255 e. The van der Waals surface area contributed by atoms with Gasteiger partial charge in [-0.15, -0.1) is 0 Å². The van der Waals surface area contributed by atoms with Crippen molar-refractivity contribution in [3.05, 3.63) is 90.2 Å². The molecule has 0 spiro atoms. The molecule has 2 N–H and O–H groups in total. The molecule has 1 aliphatic rings. The SMILES string of the molecule is CNC(=O)c1c(-c2ccc(F)cc2)oc2cc(N(C)S(C)(=O)=O)c(-c3cc(-c4cc5ccccc5[nH]4)cc(N4CCOCC4)n3)cc12. The lowest BCUT2D eigenvalue weighted by molar-refractivity contribution is 0.0964. The molecule has 6 aromatic rings. The molecule has 0 atom stereocenters. The number of aromatic nitrogens is 2. The monoisotopic (exact) mass is 653 g/mol. The molecule has 3 aromatic carbocycles. The predicted molar refractivity (Wildman–Crippen MR) is 182 cm³/mol. The highest BCUT2D eigenvalue weighted by Gasteiger charge is 2.27. The normalized spacial score (nSPS) is 13.7. The van der Waals surface area contributed by atoms with Crippen molar-refractivity contribution in [3.8, 4) is 33.8 Å².